The van der Waals surface area contributed by atoms with E-state index < -0.39 is 11.4 Å². The molecule has 1 saturated carbocycles. The quantitative estimate of drug-likeness (QED) is 0.644. The van der Waals surface area contributed by atoms with E-state index in [0.29, 0.717) is 12.5 Å². The van der Waals surface area contributed by atoms with Crippen LogP contribution in [0.5, 0.6) is 0 Å². The smallest absolute Gasteiger partial charge is 0.311 e. The Labute approximate surface area is 72.2 Å². The number of rotatable bonds is 2. The van der Waals surface area contributed by atoms with Gasteiger partial charge in [-0.25, -0.2) is 0 Å². The molecule has 2 N–H and O–H groups in total. The summed E-state index contributed by atoms with van der Waals surface area (Å²) in [6.45, 7) is 1.57. The zero-order chi connectivity index (χ0) is 8.60. The highest BCUT2D eigenvalue weighted by Crippen LogP contribution is 2.45. The van der Waals surface area contributed by atoms with Gasteiger partial charge in [0.1, 0.15) is 0 Å². The maximum atomic E-state index is 11.1. The van der Waals surface area contributed by atoms with Crippen LogP contribution in [0.4, 0.5) is 0 Å². The van der Waals surface area contributed by atoms with Crippen molar-refractivity contribution in [2.45, 2.75) is 25.7 Å². The van der Waals surface area contributed by atoms with Gasteiger partial charge in [-0.3, -0.25) is 4.79 Å². The Kier molecular flexibility index (Phi) is 1.83. The average molecular weight is 169 g/mol. The molecular weight excluding hydrogens is 154 g/mol. The number of hydrogen-bond donors (Lipinski definition) is 2. The lowest BCUT2D eigenvalue weighted by atomic mass is 9.65. The van der Waals surface area contributed by atoms with Gasteiger partial charge in [0.25, 0.3) is 0 Å². The summed E-state index contributed by atoms with van der Waals surface area (Å²) in [5.41, 5.74) is -0.405. The van der Waals surface area contributed by atoms with E-state index in [1.165, 1.54) is 6.42 Å². The molecule has 68 valence electrons. The fraction of sp³-hybridized carbons (Fsp3) is 0.889. The van der Waals surface area contributed by atoms with Crippen molar-refractivity contribution < 1.29 is 9.90 Å². The number of carboxylic acids is 1. The molecule has 1 unspecified atom stereocenters. The van der Waals surface area contributed by atoms with Crippen LogP contribution in [-0.2, 0) is 4.79 Å². The van der Waals surface area contributed by atoms with Gasteiger partial charge in [-0.1, -0.05) is 6.42 Å². The molecule has 1 atom stereocenters. The van der Waals surface area contributed by atoms with E-state index in [2.05, 4.69) is 5.32 Å². The zero-order valence-corrected chi connectivity index (χ0v) is 7.18. The van der Waals surface area contributed by atoms with Crippen LogP contribution in [0, 0.1) is 11.3 Å². The fourth-order valence-corrected chi connectivity index (χ4v) is 2.38. The first-order chi connectivity index (χ1) is 5.76. The topological polar surface area (TPSA) is 49.3 Å². The van der Waals surface area contributed by atoms with Crippen molar-refractivity contribution in [3.05, 3.63) is 0 Å². The van der Waals surface area contributed by atoms with Gasteiger partial charge >= 0.3 is 5.97 Å². The number of nitrogens with one attached hydrogen (secondary N) is 1. The van der Waals surface area contributed by atoms with Crippen LogP contribution in [0.3, 0.4) is 0 Å². The Morgan fingerprint density at radius 3 is 2.58 bits per heavy atom. The minimum atomic E-state index is -0.586. The van der Waals surface area contributed by atoms with Crippen LogP contribution in [0.15, 0.2) is 0 Å². The third-order valence-corrected chi connectivity index (χ3v) is 3.50. The second-order valence-corrected chi connectivity index (χ2v) is 4.02. The summed E-state index contributed by atoms with van der Waals surface area (Å²) in [5.74, 6) is -0.137. The highest BCUT2D eigenvalue weighted by atomic mass is 16.4. The Bertz CT molecular complexity index is 193. The second-order valence-electron chi connectivity index (χ2n) is 4.02. The van der Waals surface area contributed by atoms with Crippen LogP contribution >= 0.6 is 0 Å². The largest absolute Gasteiger partial charge is 0.481 e. The third kappa shape index (κ3) is 0.959. The summed E-state index contributed by atoms with van der Waals surface area (Å²) in [5, 5.41) is 12.3. The predicted octanol–water partition coefficient (Wildman–Crippen LogP) is 0.851. The zero-order valence-electron chi connectivity index (χ0n) is 7.18. The van der Waals surface area contributed by atoms with Crippen LogP contribution in [0.2, 0.25) is 0 Å². The molecule has 0 aromatic rings. The summed E-state index contributed by atoms with van der Waals surface area (Å²) in [4.78, 5) is 11.1. The normalized spacial score (nSPS) is 36.3. The fourth-order valence-electron chi connectivity index (χ4n) is 2.38. The van der Waals surface area contributed by atoms with Crippen molar-refractivity contribution in [1.29, 1.82) is 0 Å². The minimum absolute atomic E-state index is 0.405. The monoisotopic (exact) mass is 169 g/mol. The average Bonchev–Trinajstić information content (AvgIpc) is 2.33. The number of carboxylic acid groups (broad SMARTS) is 1. The van der Waals surface area contributed by atoms with Crippen LogP contribution in [0.25, 0.3) is 0 Å². The molecule has 0 amide bonds. The Hall–Kier alpha value is -0.570. The standard InChI is InChI=1S/C9H15NO2/c11-8(12)9(4-5-10-6-9)7-2-1-3-7/h7,10H,1-6H2,(H,11,12). The molecule has 0 radical (unpaired) electrons. The molecule has 1 heterocycles. The van der Waals surface area contributed by atoms with Gasteiger partial charge in [-0.05, 0) is 31.7 Å². The third-order valence-electron chi connectivity index (χ3n) is 3.50. The van der Waals surface area contributed by atoms with Gasteiger partial charge in [0.15, 0.2) is 0 Å². The predicted molar refractivity (Wildman–Crippen MR) is 44.9 cm³/mol. The van der Waals surface area contributed by atoms with Gasteiger partial charge in [0.2, 0.25) is 0 Å². The first kappa shape index (κ1) is 8.05. The van der Waals surface area contributed by atoms with E-state index in [1.807, 2.05) is 0 Å². The van der Waals surface area contributed by atoms with Crippen molar-refractivity contribution in [2.75, 3.05) is 13.1 Å². The lowest BCUT2D eigenvalue weighted by molar-refractivity contribution is -0.153. The Morgan fingerprint density at radius 1 is 1.50 bits per heavy atom. The SMILES string of the molecule is O=C(O)C1(C2CCC2)CCNC1. The number of carbonyl (C=O) groups is 1. The molecule has 0 spiro atoms. The molecule has 1 aliphatic carbocycles. The summed E-state index contributed by atoms with van der Waals surface area (Å²) in [7, 11) is 0. The van der Waals surface area contributed by atoms with Crippen LogP contribution in [-0.4, -0.2) is 24.2 Å². The van der Waals surface area contributed by atoms with Gasteiger partial charge in [-0.15, -0.1) is 0 Å². The maximum Gasteiger partial charge on any atom is 0.311 e. The lowest BCUT2D eigenvalue weighted by Gasteiger charge is -2.39. The summed E-state index contributed by atoms with van der Waals surface area (Å²) in [6, 6.07) is 0. The molecule has 2 aliphatic rings. The summed E-state index contributed by atoms with van der Waals surface area (Å²) < 4.78 is 0. The highest BCUT2D eigenvalue weighted by molar-refractivity contribution is 5.76. The number of aliphatic carboxylic acids is 1. The van der Waals surface area contributed by atoms with Gasteiger partial charge < -0.3 is 10.4 Å². The maximum absolute atomic E-state index is 11.1. The van der Waals surface area contributed by atoms with E-state index >= 15 is 0 Å². The molecule has 0 aromatic carbocycles. The lowest BCUT2D eigenvalue weighted by Crippen LogP contribution is -2.43. The molecule has 3 heteroatoms. The van der Waals surface area contributed by atoms with Crippen molar-refractivity contribution in [3.8, 4) is 0 Å². The Morgan fingerprint density at radius 2 is 2.25 bits per heavy atom. The first-order valence-electron chi connectivity index (χ1n) is 4.70. The molecule has 2 fully saturated rings. The molecule has 2 rings (SSSR count). The van der Waals surface area contributed by atoms with Crippen molar-refractivity contribution in [1.82, 2.24) is 5.32 Å². The van der Waals surface area contributed by atoms with Gasteiger partial charge in [0.05, 0.1) is 5.41 Å². The van der Waals surface area contributed by atoms with E-state index in [4.69, 9.17) is 5.11 Å². The molecule has 12 heavy (non-hydrogen) atoms. The van der Waals surface area contributed by atoms with Crippen LogP contribution in [0.1, 0.15) is 25.7 Å². The molecular formula is C9H15NO2. The van der Waals surface area contributed by atoms with Crippen molar-refractivity contribution in [3.63, 3.8) is 0 Å². The molecule has 0 bridgehead atoms. The summed E-state index contributed by atoms with van der Waals surface area (Å²) >= 11 is 0. The molecule has 1 saturated heterocycles. The Balaban J connectivity index is 2.14. The highest BCUT2D eigenvalue weighted by Gasteiger charge is 2.49. The minimum Gasteiger partial charge on any atom is -0.481 e. The van der Waals surface area contributed by atoms with Crippen molar-refractivity contribution in [2.24, 2.45) is 11.3 Å². The van der Waals surface area contributed by atoms with Gasteiger partial charge in [-0.2, -0.15) is 0 Å². The van der Waals surface area contributed by atoms with E-state index in [0.717, 1.165) is 25.8 Å². The van der Waals surface area contributed by atoms with E-state index in [1.54, 1.807) is 0 Å². The first-order valence-corrected chi connectivity index (χ1v) is 4.70. The molecule has 0 aromatic heterocycles. The van der Waals surface area contributed by atoms with Gasteiger partial charge in [0, 0.05) is 6.54 Å². The van der Waals surface area contributed by atoms with Crippen molar-refractivity contribution >= 4 is 5.97 Å². The van der Waals surface area contributed by atoms with Crippen LogP contribution < -0.4 is 5.32 Å². The summed E-state index contributed by atoms with van der Waals surface area (Å²) in [6.07, 6.45) is 4.29. The second kappa shape index (κ2) is 2.73. The van der Waals surface area contributed by atoms with E-state index in [-0.39, 0.29) is 0 Å². The molecule has 3 nitrogen and oxygen atoms in total. The number of hydrogen-bond acceptors (Lipinski definition) is 2. The van der Waals surface area contributed by atoms with E-state index in [9.17, 15) is 4.79 Å². The molecule has 1 aliphatic heterocycles.